The Hall–Kier alpha value is -0.610. The van der Waals surface area contributed by atoms with Crippen molar-refractivity contribution in [2.75, 3.05) is 0 Å². The van der Waals surface area contributed by atoms with E-state index in [2.05, 4.69) is 4.98 Å². The van der Waals surface area contributed by atoms with Gasteiger partial charge >= 0.3 is 0 Å². The molecule has 1 aromatic carbocycles. The first-order valence-electron chi connectivity index (χ1n) is 5.75. The maximum atomic E-state index is 9.38. The van der Waals surface area contributed by atoms with E-state index in [1.165, 1.54) is 24.2 Å². The number of rotatable bonds is 3. The van der Waals surface area contributed by atoms with E-state index in [9.17, 15) is 5.11 Å². The monoisotopic (exact) mass is 299 g/mol. The van der Waals surface area contributed by atoms with Crippen molar-refractivity contribution in [3.63, 3.8) is 0 Å². The average Bonchev–Trinajstić information content (AvgIpc) is 3.12. The molecule has 1 aliphatic rings. The number of hydrogen-bond donors (Lipinski definition) is 1. The molecule has 0 unspecified atom stereocenters. The smallest absolute Gasteiger partial charge is 0.124 e. The molecule has 1 heterocycles. The van der Waals surface area contributed by atoms with Gasteiger partial charge in [-0.2, -0.15) is 0 Å². The van der Waals surface area contributed by atoms with Gasteiger partial charge < -0.3 is 5.11 Å². The summed E-state index contributed by atoms with van der Waals surface area (Å²) in [5.74, 6) is 0.542. The Morgan fingerprint density at radius 1 is 1.28 bits per heavy atom. The van der Waals surface area contributed by atoms with Gasteiger partial charge in [0.15, 0.2) is 0 Å². The number of aromatic nitrogens is 1. The number of aliphatic hydroxyl groups is 1. The molecule has 1 N–H and O–H groups in total. The second-order valence-corrected chi connectivity index (χ2v) is 6.29. The van der Waals surface area contributed by atoms with Crippen LogP contribution in [0.5, 0.6) is 0 Å². The summed E-state index contributed by atoms with van der Waals surface area (Å²) >= 11 is 13.5. The third-order valence-corrected chi connectivity index (χ3v) is 4.85. The highest BCUT2D eigenvalue weighted by atomic mass is 35.5. The van der Waals surface area contributed by atoms with Crippen molar-refractivity contribution in [2.45, 2.75) is 25.4 Å². The minimum atomic E-state index is 0.0603. The van der Waals surface area contributed by atoms with E-state index in [1.54, 1.807) is 6.07 Å². The van der Waals surface area contributed by atoms with Gasteiger partial charge in [-0.3, -0.25) is 0 Å². The molecule has 2 nitrogen and oxygen atoms in total. The molecule has 1 fully saturated rings. The second kappa shape index (κ2) is 4.82. The highest BCUT2D eigenvalue weighted by molar-refractivity contribution is 7.15. The molecule has 0 aliphatic heterocycles. The minimum Gasteiger partial charge on any atom is -0.391 e. The summed E-state index contributed by atoms with van der Waals surface area (Å²) in [6, 6.07) is 5.50. The largest absolute Gasteiger partial charge is 0.391 e. The van der Waals surface area contributed by atoms with Crippen LogP contribution >= 0.6 is 34.5 Å². The molecule has 0 atom stereocenters. The van der Waals surface area contributed by atoms with Crippen LogP contribution in [0.4, 0.5) is 0 Å². The number of thiazole rings is 1. The molecule has 1 aromatic heterocycles. The third-order valence-electron chi connectivity index (χ3n) is 3.00. The van der Waals surface area contributed by atoms with Crippen molar-refractivity contribution < 1.29 is 5.11 Å². The lowest BCUT2D eigenvalue weighted by molar-refractivity contribution is 0.284. The molecule has 1 saturated carbocycles. The summed E-state index contributed by atoms with van der Waals surface area (Å²) in [5.41, 5.74) is 2.01. The van der Waals surface area contributed by atoms with Gasteiger partial charge in [-0.15, -0.1) is 11.3 Å². The first-order valence-corrected chi connectivity index (χ1v) is 7.32. The maximum absolute atomic E-state index is 9.38. The van der Waals surface area contributed by atoms with Crippen LogP contribution in [-0.2, 0) is 6.61 Å². The molecule has 2 aromatic rings. The lowest BCUT2D eigenvalue weighted by Gasteiger charge is -1.99. The van der Waals surface area contributed by atoms with Gasteiger partial charge in [-0.05, 0) is 25.0 Å². The SMILES string of the molecule is OCc1sc(-c2ccc(Cl)c(Cl)c2)nc1C1CC1. The molecule has 0 radical (unpaired) electrons. The van der Waals surface area contributed by atoms with Crippen LogP contribution in [0.1, 0.15) is 29.3 Å². The summed E-state index contributed by atoms with van der Waals surface area (Å²) in [4.78, 5) is 5.61. The predicted octanol–water partition coefficient (Wildman–Crippen LogP) is 4.49. The van der Waals surface area contributed by atoms with Gasteiger partial charge in [-0.25, -0.2) is 4.98 Å². The minimum absolute atomic E-state index is 0.0603. The first-order chi connectivity index (χ1) is 8.69. The Balaban J connectivity index is 2.02. The molecular weight excluding hydrogens is 289 g/mol. The van der Waals surface area contributed by atoms with Crippen LogP contribution in [0.2, 0.25) is 10.0 Å². The van der Waals surface area contributed by atoms with E-state index in [4.69, 9.17) is 23.2 Å². The number of aliphatic hydroxyl groups excluding tert-OH is 1. The quantitative estimate of drug-likeness (QED) is 0.906. The standard InChI is InChI=1S/C13H11Cl2NOS/c14-9-4-3-8(5-10(9)15)13-16-12(7-1-2-7)11(6-17)18-13/h3-5,7,17H,1-2,6H2. The van der Waals surface area contributed by atoms with Crippen LogP contribution in [0, 0.1) is 0 Å². The van der Waals surface area contributed by atoms with Crippen LogP contribution in [-0.4, -0.2) is 10.1 Å². The molecule has 0 bridgehead atoms. The van der Waals surface area contributed by atoms with E-state index in [0.29, 0.717) is 16.0 Å². The highest BCUT2D eigenvalue weighted by Crippen LogP contribution is 2.44. The van der Waals surface area contributed by atoms with E-state index in [0.717, 1.165) is 21.1 Å². The van der Waals surface area contributed by atoms with Crippen molar-refractivity contribution in [1.29, 1.82) is 0 Å². The summed E-state index contributed by atoms with van der Waals surface area (Å²) < 4.78 is 0. The number of nitrogens with zero attached hydrogens (tertiary/aromatic N) is 1. The number of halogens is 2. The zero-order chi connectivity index (χ0) is 12.7. The molecule has 5 heteroatoms. The van der Waals surface area contributed by atoms with Crippen molar-refractivity contribution in [3.8, 4) is 10.6 Å². The number of hydrogen-bond acceptors (Lipinski definition) is 3. The van der Waals surface area contributed by atoms with E-state index < -0.39 is 0 Å². The molecule has 1 aliphatic carbocycles. The van der Waals surface area contributed by atoms with Gasteiger partial charge in [0.2, 0.25) is 0 Å². The molecule has 94 valence electrons. The van der Waals surface area contributed by atoms with E-state index in [-0.39, 0.29) is 6.61 Å². The molecule has 18 heavy (non-hydrogen) atoms. The van der Waals surface area contributed by atoms with Crippen molar-refractivity contribution in [3.05, 3.63) is 38.8 Å². The Bertz CT molecular complexity index is 593. The molecule has 0 amide bonds. The molecule has 0 spiro atoms. The maximum Gasteiger partial charge on any atom is 0.124 e. The van der Waals surface area contributed by atoms with Crippen LogP contribution in [0.25, 0.3) is 10.6 Å². The summed E-state index contributed by atoms with van der Waals surface area (Å²) in [6.45, 7) is 0.0603. The third kappa shape index (κ3) is 2.28. The van der Waals surface area contributed by atoms with Gasteiger partial charge in [0, 0.05) is 11.5 Å². The van der Waals surface area contributed by atoms with Crippen LogP contribution in [0.15, 0.2) is 18.2 Å². The fourth-order valence-corrected chi connectivity index (χ4v) is 3.21. The normalized spacial score (nSPS) is 15.1. The fourth-order valence-electron chi connectivity index (χ4n) is 1.91. The summed E-state index contributed by atoms with van der Waals surface area (Å²) in [6.07, 6.45) is 2.36. The first kappa shape index (κ1) is 12.4. The van der Waals surface area contributed by atoms with Crippen molar-refractivity contribution in [1.82, 2.24) is 4.98 Å². The zero-order valence-electron chi connectivity index (χ0n) is 9.49. The average molecular weight is 300 g/mol. The van der Waals surface area contributed by atoms with Crippen LogP contribution < -0.4 is 0 Å². The van der Waals surface area contributed by atoms with Crippen molar-refractivity contribution >= 4 is 34.5 Å². The molecule has 3 rings (SSSR count). The van der Waals surface area contributed by atoms with Gasteiger partial charge in [0.25, 0.3) is 0 Å². The van der Waals surface area contributed by atoms with E-state index in [1.807, 2.05) is 12.1 Å². The summed E-state index contributed by atoms with van der Waals surface area (Å²) in [7, 11) is 0. The molecular formula is C13H11Cl2NOS. The lowest BCUT2D eigenvalue weighted by atomic mass is 10.2. The Morgan fingerprint density at radius 3 is 2.67 bits per heavy atom. The zero-order valence-corrected chi connectivity index (χ0v) is 11.8. The highest BCUT2D eigenvalue weighted by Gasteiger charge is 2.29. The fraction of sp³-hybridized carbons (Fsp3) is 0.308. The Morgan fingerprint density at radius 2 is 2.06 bits per heavy atom. The second-order valence-electron chi connectivity index (χ2n) is 4.39. The predicted molar refractivity (Wildman–Crippen MR) is 75.5 cm³/mol. The molecule has 0 saturated heterocycles. The van der Waals surface area contributed by atoms with Gasteiger partial charge in [-0.1, -0.05) is 29.3 Å². The summed E-state index contributed by atoms with van der Waals surface area (Å²) in [5, 5.41) is 11.4. The van der Waals surface area contributed by atoms with E-state index >= 15 is 0 Å². The van der Waals surface area contributed by atoms with Gasteiger partial charge in [0.1, 0.15) is 5.01 Å². The van der Waals surface area contributed by atoms with Gasteiger partial charge in [0.05, 0.1) is 27.2 Å². The Labute approximate surface area is 119 Å². The van der Waals surface area contributed by atoms with Crippen LogP contribution in [0.3, 0.4) is 0 Å². The number of benzene rings is 1. The lowest BCUT2D eigenvalue weighted by Crippen LogP contribution is -1.87. The van der Waals surface area contributed by atoms with Crippen molar-refractivity contribution in [2.24, 2.45) is 0 Å². The Kier molecular flexibility index (Phi) is 3.32. The topological polar surface area (TPSA) is 33.1 Å².